The molecule has 2 aliphatic rings. The fourth-order valence-corrected chi connectivity index (χ4v) is 5.02. The van der Waals surface area contributed by atoms with Crippen molar-refractivity contribution in [2.45, 2.75) is 57.5 Å². The molecular weight excluding hydrogens is 352 g/mol. The SMILES string of the molecule is Cc1oc(-c2cccs2)nc1CC(=O)N1C(C(=O)O)CC2CCCCC21. The number of aliphatic carboxylic acids is 1. The van der Waals surface area contributed by atoms with Crippen LogP contribution in [0, 0.1) is 12.8 Å². The van der Waals surface area contributed by atoms with E-state index in [1.807, 2.05) is 17.5 Å². The highest BCUT2D eigenvalue weighted by molar-refractivity contribution is 7.13. The highest BCUT2D eigenvalue weighted by atomic mass is 32.1. The number of rotatable bonds is 4. The number of oxazole rings is 1. The van der Waals surface area contributed by atoms with Gasteiger partial charge in [-0.1, -0.05) is 18.9 Å². The smallest absolute Gasteiger partial charge is 0.326 e. The van der Waals surface area contributed by atoms with E-state index in [9.17, 15) is 14.7 Å². The van der Waals surface area contributed by atoms with Crippen molar-refractivity contribution in [3.8, 4) is 10.8 Å². The van der Waals surface area contributed by atoms with Crippen LogP contribution in [0.5, 0.6) is 0 Å². The van der Waals surface area contributed by atoms with Crippen molar-refractivity contribution in [2.75, 3.05) is 0 Å². The molecule has 2 aromatic heterocycles. The summed E-state index contributed by atoms with van der Waals surface area (Å²) in [5, 5.41) is 11.6. The van der Waals surface area contributed by atoms with Crippen LogP contribution in [-0.2, 0) is 16.0 Å². The van der Waals surface area contributed by atoms with Gasteiger partial charge in [-0.2, -0.15) is 0 Å². The zero-order valence-corrected chi connectivity index (χ0v) is 15.5. The zero-order chi connectivity index (χ0) is 18.3. The molecule has 2 fully saturated rings. The number of amides is 1. The van der Waals surface area contributed by atoms with Crippen molar-refractivity contribution in [1.29, 1.82) is 0 Å². The number of carboxylic acids is 1. The Bertz CT molecular complexity index is 814. The summed E-state index contributed by atoms with van der Waals surface area (Å²) < 4.78 is 5.72. The predicted octanol–water partition coefficient (Wildman–Crippen LogP) is 3.50. The number of carbonyl (C=O) groups excluding carboxylic acids is 1. The summed E-state index contributed by atoms with van der Waals surface area (Å²) in [7, 11) is 0. The molecule has 0 spiro atoms. The third kappa shape index (κ3) is 3.05. The Morgan fingerprint density at radius 3 is 2.92 bits per heavy atom. The van der Waals surface area contributed by atoms with Gasteiger partial charge < -0.3 is 14.4 Å². The van der Waals surface area contributed by atoms with E-state index in [-0.39, 0.29) is 18.4 Å². The van der Waals surface area contributed by atoms with Crippen molar-refractivity contribution >= 4 is 23.2 Å². The second-order valence-electron chi connectivity index (χ2n) is 7.18. The van der Waals surface area contributed by atoms with Gasteiger partial charge in [0.2, 0.25) is 11.8 Å². The monoisotopic (exact) mass is 374 g/mol. The molecule has 138 valence electrons. The largest absolute Gasteiger partial charge is 0.480 e. The van der Waals surface area contributed by atoms with Crippen LogP contribution < -0.4 is 0 Å². The molecule has 4 rings (SSSR count). The van der Waals surface area contributed by atoms with Crippen LogP contribution in [0.3, 0.4) is 0 Å². The van der Waals surface area contributed by atoms with E-state index in [0.29, 0.717) is 29.7 Å². The molecule has 3 atom stereocenters. The highest BCUT2D eigenvalue weighted by Crippen LogP contribution is 2.40. The zero-order valence-electron chi connectivity index (χ0n) is 14.7. The van der Waals surface area contributed by atoms with E-state index < -0.39 is 12.0 Å². The molecule has 0 aromatic carbocycles. The number of hydrogen-bond acceptors (Lipinski definition) is 5. The topological polar surface area (TPSA) is 83.6 Å². The number of carbonyl (C=O) groups is 2. The summed E-state index contributed by atoms with van der Waals surface area (Å²) in [5.41, 5.74) is 0.599. The van der Waals surface area contributed by atoms with Crippen LogP contribution in [0.15, 0.2) is 21.9 Å². The van der Waals surface area contributed by atoms with Crippen LogP contribution in [0.2, 0.25) is 0 Å². The minimum atomic E-state index is -0.899. The van der Waals surface area contributed by atoms with Gasteiger partial charge in [0, 0.05) is 6.04 Å². The standard InChI is InChI=1S/C19H22N2O4S/c1-11-13(20-18(25-11)16-7-4-8-26-16)10-17(22)21-14-6-3-2-5-12(14)9-15(21)19(23)24/h4,7-8,12,14-15H,2-3,5-6,9-10H2,1H3,(H,23,24). The van der Waals surface area contributed by atoms with E-state index in [2.05, 4.69) is 4.98 Å². The number of nitrogens with zero attached hydrogens (tertiary/aromatic N) is 2. The molecule has 1 amide bonds. The minimum absolute atomic E-state index is 0.0568. The van der Waals surface area contributed by atoms with Crippen LogP contribution in [-0.4, -0.2) is 39.0 Å². The Balaban J connectivity index is 1.56. The molecule has 0 radical (unpaired) electrons. The molecule has 7 heteroatoms. The van der Waals surface area contributed by atoms with Crippen molar-refractivity contribution in [2.24, 2.45) is 5.92 Å². The third-order valence-electron chi connectivity index (χ3n) is 5.60. The van der Waals surface area contributed by atoms with Crippen LogP contribution >= 0.6 is 11.3 Å². The molecule has 1 N–H and O–H groups in total. The lowest BCUT2D eigenvalue weighted by atomic mass is 9.84. The average molecular weight is 374 g/mol. The molecule has 0 bridgehead atoms. The van der Waals surface area contributed by atoms with Crippen molar-refractivity contribution < 1.29 is 19.1 Å². The molecular formula is C19H22N2O4S. The van der Waals surface area contributed by atoms with Gasteiger partial charge in [0.15, 0.2) is 0 Å². The van der Waals surface area contributed by atoms with Crippen LogP contribution in [0.25, 0.3) is 10.8 Å². The van der Waals surface area contributed by atoms with Crippen molar-refractivity contribution in [1.82, 2.24) is 9.88 Å². The molecule has 1 aliphatic heterocycles. The molecule has 3 heterocycles. The first-order chi connectivity index (χ1) is 12.5. The van der Waals surface area contributed by atoms with E-state index >= 15 is 0 Å². The lowest BCUT2D eigenvalue weighted by Gasteiger charge is -2.33. The van der Waals surface area contributed by atoms with Crippen LogP contribution in [0.1, 0.15) is 43.6 Å². The van der Waals surface area contributed by atoms with Gasteiger partial charge in [-0.15, -0.1) is 11.3 Å². The van der Waals surface area contributed by atoms with E-state index in [1.54, 1.807) is 11.8 Å². The predicted molar refractivity (Wildman–Crippen MR) is 96.9 cm³/mol. The number of fused-ring (bicyclic) bond motifs is 1. The first-order valence-corrected chi connectivity index (χ1v) is 9.96. The van der Waals surface area contributed by atoms with Gasteiger partial charge in [0.05, 0.1) is 17.0 Å². The Morgan fingerprint density at radius 2 is 2.19 bits per heavy atom. The maximum absolute atomic E-state index is 13.0. The van der Waals surface area contributed by atoms with Crippen molar-refractivity contribution in [3.05, 3.63) is 29.0 Å². The third-order valence-corrected chi connectivity index (χ3v) is 6.46. The molecule has 2 aromatic rings. The average Bonchev–Trinajstić information content (AvgIpc) is 3.33. The Kier molecular flexibility index (Phi) is 4.56. The maximum Gasteiger partial charge on any atom is 0.326 e. The Labute approximate surface area is 155 Å². The van der Waals surface area contributed by atoms with Gasteiger partial charge in [0.25, 0.3) is 0 Å². The number of aromatic nitrogens is 1. The summed E-state index contributed by atoms with van der Waals surface area (Å²) in [5.74, 6) is 0.402. The maximum atomic E-state index is 13.0. The molecule has 3 unspecified atom stereocenters. The minimum Gasteiger partial charge on any atom is -0.480 e. The molecule has 6 nitrogen and oxygen atoms in total. The molecule has 1 saturated carbocycles. The second kappa shape index (κ2) is 6.87. The lowest BCUT2D eigenvalue weighted by molar-refractivity contribution is -0.149. The van der Waals surface area contributed by atoms with Gasteiger partial charge in [-0.05, 0) is 43.6 Å². The number of thiophene rings is 1. The number of likely N-dealkylation sites (tertiary alicyclic amines) is 1. The quantitative estimate of drug-likeness (QED) is 0.885. The fourth-order valence-electron chi connectivity index (χ4n) is 4.37. The van der Waals surface area contributed by atoms with Gasteiger partial charge in [0.1, 0.15) is 11.8 Å². The Hall–Kier alpha value is -2.15. The van der Waals surface area contributed by atoms with Gasteiger partial charge in [-0.3, -0.25) is 4.79 Å². The summed E-state index contributed by atoms with van der Waals surface area (Å²) in [6.45, 7) is 1.80. The van der Waals surface area contributed by atoms with E-state index in [0.717, 1.165) is 30.6 Å². The number of carboxylic acid groups (broad SMARTS) is 1. The molecule has 1 saturated heterocycles. The van der Waals surface area contributed by atoms with Gasteiger partial charge in [-0.25, -0.2) is 9.78 Å². The molecule has 1 aliphatic carbocycles. The first kappa shape index (κ1) is 17.3. The highest BCUT2D eigenvalue weighted by Gasteiger charge is 2.47. The summed E-state index contributed by atoms with van der Waals surface area (Å²) in [4.78, 5) is 31.8. The van der Waals surface area contributed by atoms with Gasteiger partial charge >= 0.3 is 5.97 Å². The number of hydrogen-bond donors (Lipinski definition) is 1. The summed E-state index contributed by atoms with van der Waals surface area (Å²) in [6.07, 6.45) is 4.77. The summed E-state index contributed by atoms with van der Waals surface area (Å²) >= 11 is 1.53. The van der Waals surface area contributed by atoms with Crippen LogP contribution in [0.4, 0.5) is 0 Å². The second-order valence-corrected chi connectivity index (χ2v) is 8.13. The van der Waals surface area contributed by atoms with E-state index in [1.165, 1.54) is 11.3 Å². The first-order valence-electron chi connectivity index (χ1n) is 9.08. The normalized spacial score (nSPS) is 25.3. The Morgan fingerprint density at radius 1 is 1.38 bits per heavy atom. The fraction of sp³-hybridized carbons (Fsp3) is 0.526. The summed E-state index contributed by atoms with van der Waals surface area (Å²) in [6, 6.07) is 3.20. The number of aryl methyl sites for hydroxylation is 1. The van der Waals surface area contributed by atoms with E-state index in [4.69, 9.17) is 4.42 Å². The molecule has 26 heavy (non-hydrogen) atoms. The lowest BCUT2D eigenvalue weighted by Crippen LogP contribution is -2.47. The van der Waals surface area contributed by atoms with Crippen molar-refractivity contribution in [3.63, 3.8) is 0 Å².